The molecule has 0 amide bonds. The summed E-state index contributed by atoms with van der Waals surface area (Å²) in [6.45, 7) is 3.17. The second kappa shape index (κ2) is 10.9. The zero-order valence-corrected chi connectivity index (χ0v) is 19.7. The highest BCUT2D eigenvalue weighted by Crippen LogP contribution is 2.35. The van der Waals surface area contributed by atoms with Gasteiger partial charge in [-0.25, -0.2) is 0 Å². The van der Waals surface area contributed by atoms with Crippen molar-refractivity contribution in [1.29, 1.82) is 5.26 Å². The van der Waals surface area contributed by atoms with Gasteiger partial charge in [0.2, 0.25) is 0 Å². The lowest BCUT2D eigenvalue weighted by Gasteiger charge is -2.27. The van der Waals surface area contributed by atoms with Crippen molar-refractivity contribution in [2.24, 2.45) is 0 Å². The molecule has 2 aliphatic rings. The summed E-state index contributed by atoms with van der Waals surface area (Å²) in [5.41, 5.74) is 3.72. The van der Waals surface area contributed by atoms with Gasteiger partial charge in [-0.1, -0.05) is 87.9 Å². The zero-order chi connectivity index (χ0) is 23.9. The summed E-state index contributed by atoms with van der Waals surface area (Å²) < 4.78 is 0. The van der Waals surface area contributed by atoms with E-state index in [1.807, 2.05) is 30.5 Å². The summed E-state index contributed by atoms with van der Waals surface area (Å²) in [5.74, 6) is -0.745. The van der Waals surface area contributed by atoms with Crippen LogP contribution in [0.5, 0.6) is 0 Å². The van der Waals surface area contributed by atoms with E-state index < -0.39 is 0 Å². The number of nitrogens with zero attached hydrogens (tertiary/aromatic N) is 2. The summed E-state index contributed by atoms with van der Waals surface area (Å²) in [6.07, 6.45) is 14.5. The first kappa shape index (κ1) is 23.4. The molecule has 0 atom stereocenters. The van der Waals surface area contributed by atoms with Crippen LogP contribution < -0.4 is 4.90 Å². The van der Waals surface area contributed by atoms with Gasteiger partial charge in [0.25, 0.3) is 0 Å². The maximum Gasteiger partial charge on any atom is 0.199 e. The van der Waals surface area contributed by atoms with E-state index in [1.54, 1.807) is 30.3 Å². The van der Waals surface area contributed by atoms with E-state index in [9.17, 15) is 14.9 Å². The van der Waals surface area contributed by atoms with Crippen LogP contribution in [0.4, 0.5) is 5.69 Å². The molecule has 0 spiro atoms. The Morgan fingerprint density at radius 3 is 2.09 bits per heavy atom. The third-order valence-electron chi connectivity index (χ3n) is 6.52. The van der Waals surface area contributed by atoms with Crippen molar-refractivity contribution in [3.63, 3.8) is 0 Å². The Balaban J connectivity index is 1.55. The van der Waals surface area contributed by atoms with Crippen molar-refractivity contribution in [2.45, 2.75) is 51.9 Å². The SMILES string of the molecule is CCCCCCCCCN1C=C/C(=C/C(C#N)=C2C(=O)c3ccccc3C2=O)c2ccccc21. The number of Topliss-reactive ketones (excluding diaryl/α,β-unsaturated/α-hetero) is 2. The molecular formula is C30H30N2O2. The number of carbonyl (C=O) groups is 2. The van der Waals surface area contributed by atoms with Crippen LogP contribution in [0.3, 0.4) is 0 Å². The van der Waals surface area contributed by atoms with Crippen LogP contribution in [0.15, 0.2) is 78.0 Å². The molecule has 4 rings (SSSR count). The van der Waals surface area contributed by atoms with Crippen molar-refractivity contribution in [1.82, 2.24) is 0 Å². The van der Waals surface area contributed by atoms with E-state index in [0.29, 0.717) is 11.1 Å². The highest BCUT2D eigenvalue weighted by molar-refractivity contribution is 6.40. The van der Waals surface area contributed by atoms with Crippen LogP contribution in [-0.4, -0.2) is 18.1 Å². The molecule has 4 nitrogen and oxygen atoms in total. The van der Waals surface area contributed by atoms with Gasteiger partial charge in [-0.05, 0) is 30.2 Å². The largest absolute Gasteiger partial charge is 0.347 e. The van der Waals surface area contributed by atoms with Crippen molar-refractivity contribution < 1.29 is 9.59 Å². The lowest BCUT2D eigenvalue weighted by Crippen LogP contribution is -2.21. The van der Waals surface area contributed by atoms with Gasteiger partial charge in [0.05, 0.1) is 11.1 Å². The van der Waals surface area contributed by atoms with E-state index in [2.05, 4.69) is 24.0 Å². The van der Waals surface area contributed by atoms with E-state index >= 15 is 0 Å². The van der Waals surface area contributed by atoms with Gasteiger partial charge in [0, 0.05) is 35.1 Å². The fraction of sp³-hybridized carbons (Fsp3) is 0.300. The van der Waals surface area contributed by atoms with Crippen molar-refractivity contribution in [2.75, 3.05) is 11.4 Å². The Hall–Kier alpha value is -3.71. The van der Waals surface area contributed by atoms with Crippen LogP contribution in [0.2, 0.25) is 0 Å². The standard InChI is InChI=1S/C30H30N2O2/c1-2-3-4-5-6-7-12-18-32-19-17-22(24-13-10-11-16-27(24)32)20-23(21-31)28-29(33)25-14-8-9-15-26(25)30(28)34/h8-11,13-17,19-20H,2-7,12,18H2,1H3/b22-20-. The van der Waals surface area contributed by atoms with Crippen molar-refractivity contribution >= 4 is 22.8 Å². The molecule has 2 aromatic rings. The van der Waals surface area contributed by atoms with Crippen molar-refractivity contribution in [3.8, 4) is 6.07 Å². The molecule has 1 aliphatic heterocycles. The van der Waals surface area contributed by atoms with Crippen LogP contribution in [0.1, 0.15) is 78.1 Å². The summed E-state index contributed by atoms with van der Waals surface area (Å²) >= 11 is 0. The zero-order valence-electron chi connectivity index (χ0n) is 19.7. The Bertz CT molecular complexity index is 1190. The molecule has 2 aromatic carbocycles. The van der Waals surface area contributed by atoms with Crippen LogP contribution in [0.25, 0.3) is 5.57 Å². The first-order valence-corrected chi connectivity index (χ1v) is 12.2. The molecule has 0 unspecified atom stereocenters. The lowest BCUT2D eigenvalue weighted by atomic mass is 9.95. The van der Waals surface area contributed by atoms with Gasteiger partial charge in [0.15, 0.2) is 11.6 Å². The average molecular weight is 451 g/mol. The van der Waals surface area contributed by atoms with Crippen LogP contribution >= 0.6 is 0 Å². The van der Waals surface area contributed by atoms with Gasteiger partial charge in [0.1, 0.15) is 6.07 Å². The fourth-order valence-electron chi connectivity index (χ4n) is 4.68. The molecule has 0 saturated carbocycles. The molecule has 1 aliphatic carbocycles. The first-order chi connectivity index (χ1) is 16.7. The second-order valence-corrected chi connectivity index (χ2v) is 8.85. The number of carbonyl (C=O) groups excluding carboxylic acids is 2. The van der Waals surface area contributed by atoms with Crippen molar-refractivity contribution in [3.05, 3.63) is 94.7 Å². The summed E-state index contributed by atoms with van der Waals surface area (Å²) in [4.78, 5) is 28.0. The van der Waals surface area contributed by atoms with Crippen LogP contribution in [0, 0.1) is 11.3 Å². The molecule has 0 saturated heterocycles. The second-order valence-electron chi connectivity index (χ2n) is 8.85. The Morgan fingerprint density at radius 2 is 1.44 bits per heavy atom. The molecule has 0 radical (unpaired) electrons. The number of anilines is 1. The highest BCUT2D eigenvalue weighted by Gasteiger charge is 2.35. The quantitative estimate of drug-likeness (QED) is 0.178. The monoisotopic (exact) mass is 450 g/mol. The van der Waals surface area contributed by atoms with E-state index in [0.717, 1.165) is 29.8 Å². The maximum atomic E-state index is 12.9. The molecule has 1 heterocycles. The number of benzene rings is 2. The molecular weight excluding hydrogens is 420 g/mol. The Kier molecular flexibility index (Phi) is 7.54. The number of fused-ring (bicyclic) bond motifs is 2. The number of hydrogen-bond acceptors (Lipinski definition) is 4. The molecule has 0 N–H and O–H groups in total. The fourth-order valence-corrected chi connectivity index (χ4v) is 4.68. The van der Waals surface area contributed by atoms with Crippen LogP contribution in [-0.2, 0) is 0 Å². The molecule has 0 fully saturated rings. The number of allylic oxidation sites excluding steroid dienone is 5. The number of rotatable bonds is 9. The number of hydrogen-bond donors (Lipinski definition) is 0. The number of para-hydroxylation sites is 1. The molecule has 0 aromatic heterocycles. The third-order valence-corrected chi connectivity index (χ3v) is 6.52. The minimum absolute atomic E-state index is 0.0346. The highest BCUT2D eigenvalue weighted by atomic mass is 16.2. The first-order valence-electron chi connectivity index (χ1n) is 12.2. The normalized spacial score (nSPS) is 15.5. The van der Waals surface area contributed by atoms with Gasteiger partial charge >= 0.3 is 0 Å². The lowest BCUT2D eigenvalue weighted by molar-refractivity contribution is 0.0988. The molecule has 0 bridgehead atoms. The summed E-state index contributed by atoms with van der Waals surface area (Å²) in [6, 6.07) is 16.9. The third kappa shape index (κ3) is 4.79. The number of nitriles is 1. The smallest absolute Gasteiger partial charge is 0.199 e. The van der Waals surface area contributed by atoms with Gasteiger partial charge in [-0.2, -0.15) is 5.26 Å². The number of ketones is 2. The number of unbranched alkanes of at least 4 members (excludes halogenated alkanes) is 6. The summed E-state index contributed by atoms with van der Waals surface area (Å²) in [5, 5.41) is 9.86. The predicted octanol–water partition coefficient (Wildman–Crippen LogP) is 7.05. The van der Waals surface area contributed by atoms with Gasteiger partial charge in [-0.3, -0.25) is 9.59 Å². The Labute approximate surface area is 201 Å². The minimum Gasteiger partial charge on any atom is -0.347 e. The van der Waals surface area contributed by atoms with Gasteiger partial charge < -0.3 is 4.90 Å². The van der Waals surface area contributed by atoms with E-state index in [1.165, 1.54) is 38.5 Å². The average Bonchev–Trinajstić information content (AvgIpc) is 3.12. The molecule has 172 valence electrons. The maximum absolute atomic E-state index is 12.9. The molecule has 4 heteroatoms. The Morgan fingerprint density at radius 1 is 0.853 bits per heavy atom. The van der Waals surface area contributed by atoms with Gasteiger partial charge in [-0.15, -0.1) is 0 Å². The predicted molar refractivity (Wildman–Crippen MR) is 137 cm³/mol. The topological polar surface area (TPSA) is 61.2 Å². The van der Waals surface area contributed by atoms with E-state index in [4.69, 9.17) is 0 Å². The molecule has 34 heavy (non-hydrogen) atoms. The minimum atomic E-state index is -0.373. The van der Waals surface area contributed by atoms with E-state index in [-0.39, 0.29) is 22.7 Å². The summed E-state index contributed by atoms with van der Waals surface area (Å²) in [7, 11) is 0.